The van der Waals surface area contributed by atoms with Gasteiger partial charge >= 0.3 is 0 Å². The van der Waals surface area contributed by atoms with Gasteiger partial charge < -0.3 is 16.0 Å². The third-order valence-corrected chi connectivity index (χ3v) is 3.09. The van der Waals surface area contributed by atoms with E-state index in [9.17, 15) is 4.79 Å². The largest absolute Gasteiger partial charge is 0.375 e. The molecule has 0 aliphatic carbocycles. The number of hydrogen-bond donors (Lipinski definition) is 2. The first kappa shape index (κ1) is 14.8. The lowest BCUT2D eigenvalue weighted by Gasteiger charge is -2.19. The van der Waals surface area contributed by atoms with Gasteiger partial charge in [0.2, 0.25) is 0 Å². The summed E-state index contributed by atoms with van der Waals surface area (Å²) in [5, 5.41) is 10.8. The Hall–Kier alpha value is -2.63. The minimum Gasteiger partial charge on any atom is -0.375 e. The number of benzene rings is 1. The second-order valence-corrected chi connectivity index (χ2v) is 4.71. The lowest BCUT2D eigenvalue weighted by molar-refractivity contribution is 0.0994. The van der Waals surface area contributed by atoms with Crippen molar-refractivity contribution in [2.24, 2.45) is 5.73 Å². The molecular formula is C15H19N5O. The second kappa shape index (κ2) is 7.23. The maximum Gasteiger partial charge on any atom is 0.269 e. The van der Waals surface area contributed by atoms with Gasteiger partial charge in [-0.05, 0) is 30.7 Å². The molecule has 3 N–H and O–H groups in total. The van der Waals surface area contributed by atoms with Crippen molar-refractivity contribution in [2.75, 3.05) is 30.4 Å². The van der Waals surface area contributed by atoms with Crippen LogP contribution >= 0.6 is 0 Å². The van der Waals surface area contributed by atoms with E-state index in [1.807, 2.05) is 18.2 Å². The summed E-state index contributed by atoms with van der Waals surface area (Å²) in [6.07, 6.45) is 0.963. The van der Waals surface area contributed by atoms with Crippen LogP contribution in [0.15, 0.2) is 42.5 Å². The molecule has 1 aromatic heterocycles. The second-order valence-electron chi connectivity index (χ2n) is 4.71. The summed E-state index contributed by atoms with van der Waals surface area (Å²) in [6.45, 7) is 1.71. The normalized spacial score (nSPS) is 10.1. The van der Waals surface area contributed by atoms with E-state index in [1.54, 1.807) is 12.1 Å². The van der Waals surface area contributed by atoms with Crippen LogP contribution in [-0.4, -0.2) is 36.2 Å². The SMILES string of the molecule is CN(CCCNc1ccc(C(N)=O)nn1)c1ccccc1. The highest BCUT2D eigenvalue weighted by molar-refractivity contribution is 5.90. The number of primary amides is 1. The standard InChI is InChI=1S/C15H19N5O/c1-20(12-6-3-2-4-7-12)11-5-10-17-14-9-8-13(15(16)21)18-19-14/h2-4,6-9H,5,10-11H2,1H3,(H2,16,21)(H,17,19). The van der Waals surface area contributed by atoms with E-state index in [0.717, 1.165) is 19.5 Å². The molecule has 1 heterocycles. The van der Waals surface area contributed by atoms with E-state index in [1.165, 1.54) is 5.69 Å². The van der Waals surface area contributed by atoms with Crippen LogP contribution < -0.4 is 16.0 Å². The van der Waals surface area contributed by atoms with E-state index in [4.69, 9.17) is 5.73 Å². The molecule has 0 spiro atoms. The molecule has 0 fully saturated rings. The Kier molecular flexibility index (Phi) is 5.09. The Labute approximate surface area is 124 Å². The van der Waals surface area contributed by atoms with Gasteiger partial charge in [0.1, 0.15) is 5.82 Å². The summed E-state index contributed by atoms with van der Waals surface area (Å²) in [4.78, 5) is 13.1. The fourth-order valence-corrected chi connectivity index (χ4v) is 1.90. The predicted molar refractivity (Wildman–Crippen MR) is 83.4 cm³/mol. The Morgan fingerprint density at radius 1 is 1.19 bits per heavy atom. The molecule has 6 nitrogen and oxygen atoms in total. The number of aromatic nitrogens is 2. The maximum atomic E-state index is 10.9. The third kappa shape index (κ3) is 4.45. The van der Waals surface area contributed by atoms with Crippen LogP contribution in [0.25, 0.3) is 0 Å². The van der Waals surface area contributed by atoms with E-state index in [-0.39, 0.29) is 5.69 Å². The topological polar surface area (TPSA) is 84.1 Å². The Bertz CT molecular complexity index is 570. The summed E-state index contributed by atoms with van der Waals surface area (Å²) in [5.74, 6) is 0.0703. The number of nitrogens with zero attached hydrogens (tertiary/aromatic N) is 3. The number of nitrogens with two attached hydrogens (primary N) is 1. The fourth-order valence-electron chi connectivity index (χ4n) is 1.90. The number of carbonyl (C=O) groups is 1. The van der Waals surface area contributed by atoms with Crippen LogP contribution in [0, 0.1) is 0 Å². The lowest BCUT2D eigenvalue weighted by Crippen LogP contribution is -2.21. The Morgan fingerprint density at radius 3 is 2.57 bits per heavy atom. The zero-order valence-corrected chi connectivity index (χ0v) is 12.0. The molecule has 1 aromatic carbocycles. The molecule has 0 radical (unpaired) electrons. The molecule has 21 heavy (non-hydrogen) atoms. The number of nitrogens with one attached hydrogen (secondary N) is 1. The van der Waals surface area contributed by atoms with Crippen molar-refractivity contribution in [3.63, 3.8) is 0 Å². The molecule has 2 rings (SSSR count). The average Bonchev–Trinajstić information content (AvgIpc) is 2.52. The van der Waals surface area contributed by atoms with E-state index >= 15 is 0 Å². The number of para-hydroxylation sites is 1. The van der Waals surface area contributed by atoms with Gasteiger partial charge in [-0.3, -0.25) is 4.79 Å². The predicted octanol–water partition coefficient (Wildman–Crippen LogP) is 1.51. The number of amides is 1. The summed E-state index contributed by atoms with van der Waals surface area (Å²) in [7, 11) is 2.07. The quantitative estimate of drug-likeness (QED) is 0.753. The molecule has 0 saturated carbocycles. The Morgan fingerprint density at radius 2 is 1.95 bits per heavy atom. The minimum atomic E-state index is -0.571. The summed E-state index contributed by atoms with van der Waals surface area (Å²) in [6, 6.07) is 13.5. The first-order valence-corrected chi connectivity index (χ1v) is 6.80. The van der Waals surface area contributed by atoms with Crippen molar-refractivity contribution in [1.29, 1.82) is 0 Å². The van der Waals surface area contributed by atoms with Gasteiger partial charge in [0.25, 0.3) is 5.91 Å². The van der Waals surface area contributed by atoms with Crippen molar-refractivity contribution in [3.05, 3.63) is 48.2 Å². The van der Waals surface area contributed by atoms with Crippen LogP contribution in [0.2, 0.25) is 0 Å². The van der Waals surface area contributed by atoms with Crippen LogP contribution in [-0.2, 0) is 0 Å². The number of hydrogen-bond acceptors (Lipinski definition) is 5. The van der Waals surface area contributed by atoms with Crippen LogP contribution in [0.3, 0.4) is 0 Å². The number of carbonyl (C=O) groups excluding carboxylic acids is 1. The summed E-state index contributed by atoms with van der Waals surface area (Å²) >= 11 is 0. The van der Waals surface area contributed by atoms with Gasteiger partial charge in [0, 0.05) is 25.8 Å². The highest BCUT2D eigenvalue weighted by atomic mass is 16.1. The van der Waals surface area contributed by atoms with E-state index in [0.29, 0.717) is 5.82 Å². The highest BCUT2D eigenvalue weighted by Crippen LogP contribution is 2.11. The molecular weight excluding hydrogens is 266 g/mol. The van der Waals surface area contributed by atoms with Crippen molar-refractivity contribution in [1.82, 2.24) is 10.2 Å². The number of anilines is 2. The lowest BCUT2D eigenvalue weighted by atomic mass is 10.3. The number of rotatable bonds is 7. The molecule has 0 aliphatic rings. The molecule has 0 saturated heterocycles. The van der Waals surface area contributed by atoms with Crippen molar-refractivity contribution in [2.45, 2.75) is 6.42 Å². The first-order chi connectivity index (χ1) is 10.2. The Balaban J connectivity index is 1.73. The smallest absolute Gasteiger partial charge is 0.269 e. The minimum absolute atomic E-state index is 0.171. The van der Waals surface area contributed by atoms with E-state index in [2.05, 4.69) is 39.6 Å². The molecule has 0 atom stereocenters. The molecule has 6 heteroatoms. The molecule has 1 amide bonds. The molecule has 2 aromatic rings. The highest BCUT2D eigenvalue weighted by Gasteiger charge is 2.03. The van der Waals surface area contributed by atoms with Crippen molar-refractivity contribution in [3.8, 4) is 0 Å². The van der Waals surface area contributed by atoms with Crippen LogP contribution in [0.5, 0.6) is 0 Å². The van der Waals surface area contributed by atoms with Crippen LogP contribution in [0.1, 0.15) is 16.9 Å². The van der Waals surface area contributed by atoms with Gasteiger partial charge in [-0.2, -0.15) is 0 Å². The van der Waals surface area contributed by atoms with Gasteiger partial charge in [-0.1, -0.05) is 18.2 Å². The zero-order valence-electron chi connectivity index (χ0n) is 12.0. The van der Waals surface area contributed by atoms with Gasteiger partial charge in [-0.25, -0.2) is 0 Å². The van der Waals surface area contributed by atoms with Gasteiger partial charge in [0.15, 0.2) is 5.69 Å². The molecule has 0 aliphatic heterocycles. The van der Waals surface area contributed by atoms with Crippen molar-refractivity contribution < 1.29 is 4.79 Å². The van der Waals surface area contributed by atoms with Crippen LogP contribution in [0.4, 0.5) is 11.5 Å². The first-order valence-electron chi connectivity index (χ1n) is 6.80. The summed E-state index contributed by atoms with van der Waals surface area (Å²) < 4.78 is 0. The summed E-state index contributed by atoms with van der Waals surface area (Å²) in [5.41, 5.74) is 6.47. The molecule has 0 unspecified atom stereocenters. The average molecular weight is 285 g/mol. The van der Waals surface area contributed by atoms with Crippen molar-refractivity contribution >= 4 is 17.4 Å². The molecule has 110 valence electrons. The van der Waals surface area contributed by atoms with Gasteiger partial charge in [-0.15, -0.1) is 10.2 Å². The maximum absolute atomic E-state index is 10.9. The zero-order chi connectivity index (χ0) is 15.1. The monoisotopic (exact) mass is 285 g/mol. The van der Waals surface area contributed by atoms with Gasteiger partial charge in [0.05, 0.1) is 0 Å². The fraction of sp³-hybridized carbons (Fsp3) is 0.267. The molecule has 0 bridgehead atoms. The van der Waals surface area contributed by atoms with E-state index < -0.39 is 5.91 Å². The third-order valence-electron chi connectivity index (χ3n) is 3.09.